The molecular formula is C11H22N2O3S. The molecule has 0 aromatic carbocycles. The average molecular weight is 262 g/mol. The lowest BCUT2D eigenvalue weighted by Gasteiger charge is -2.30. The van der Waals surface area contributed by atoms with E-state index in [1.54, 1.807) is 18.7 Å². The van der Waals surface area contributed by atoms with Gasteiger partial charge in [-0.2, -0.15) is 0 Å². The summed E-state index contributed by atoms with van der Waals surface area (Å²) in [6.45, 7) is 5.99. The molecule has 1 amide bonds. The van der Waals surface area contributed by atoms with Crippen LogP contribution in [0.2, 0.25) is 0 Å². The number of nitrogens with zero attached hydrogens (tertiary/aromatic N) is 1. The molecule has 1 fully saturated rings. The maximum atomic E-state index is 12.2. The third-order valence-electron chi connectivity index (χ3n) is 3.45. The van der Waals surface area contributed by atoms with Gasteiger partial charge in [0.15, 0.2) is 9.84 Å². The number of rotatable bonds is 4. The lowest BCUT2D eigenvalue weighted by atomic mass is 10.0. The van der Waals surface area contributed by atoms with Gasteiger partial charge in [-0.15, -0.1) is 0 Å². The number of sulfone groups is 1. The smallest absolute Gasteiger partial charge is 0.227 e. The zero-order valence-corrected chi connectivity index (χ0v) is 11.5. The summed E-state index contributed by atoms with van der Waals surface area (Å²) >= 11 is 0. The number of amides is 1. The van der Waals surface area contributed by atoms with Gasteiger partial charge in [-0.3, -0.25) is 4.79 Å². The molecule has 3 atom stereocenters. The van der Waals surface area contributed by atoms with Gasteiger partial charge in [0, 0.05) is 18.6 Å². The van der Waals surface area contributed by atoms with Crippen LogP contribution in [0.1, 0.15) is 27.2 Å². The van der Waals surface area contributed by atoms with E-state index in [-0.39, 0.29) is 35.4 Å². The average Bonchev–Trinajstić information content (AvgIpc) is 2.58. The Morgan fingerprint density at radius 1 is 1.47 bits per heavy atom. The van der Waals surface area contributed by atoms with Crippen LogP contribution in [0, 0.1) is 5.92 Å². The Bertz CT molecular complexity index is 378. The van der Waals surface area contributed by atoms with Gasteiger partial charge in [-0.25, -0.2) is 8.42 Å². The summed E-state index contributed by atoms with van der Waals surface area (Å²) in [7, 11) is -2.96. The van der Waals surface area contributed by atoms with Crippen LogP contribution in [0.4, 0.5) is 0 Å². The minimum atomic E-state index is -2.96. The lowest BCUT2D eigenvalue weighted by Crippen LogP contribution is -2.47. The predicted molar refractivity (Wildman–Crippen MR) is 67.3 cm³/mol. The molecule has 0 aromatic rings. The van der Waals surface area contributed by atoms with Crippen LogP contribution in [0.5, 0.6) is 0 Å². The normalized spacial score (nSPS) is 26.5. The fraction of sp³-hybridized carbons (Fsp3) is 0.909. The van der Waals surface area contributed by atoms with Crippen LogP contribution in [0.25, 0.3) is 0 Å². The van der Waals surface area contributed by atoms with Gasteiger partial charge in [0.25, 0.3) is 0 Å². The highest BCUT2D eigenvalue weighted by Gasteiger charge is 2.35. The van der Waals surface area contributed by atoms with Crippen molar-refractivity contribution in [2.45, 2.75) is 39.3 Å². The van der Waals surface area contributed by atoms with Gasteiger partial charge in [-0.1, -0.05) is 6.92 Å². The first-order valence-electron chi connectivity index (χ1n) is 6.05. The van der Waals surface area contributed by atoms with Crippen LogP contribution in [-0.2, 0) is 14.6 Å². The number of hydrogen-bond acceptors (Lipinski definition) is 4. The van der Waals surface area contributed by atoms with Gasteiger partial charge >= 0.3 is 0 Å². The Labute approximate surface area is 103 Å². The van der Waals surface area contributed by atoms with Crippen LogP contribution in [0.15, 0.2) is 0 Å². The predicted octanol–water partition coefficient (Wildman–Crippen LogP) is 0.00530. The van der Waals surface area contributed by atoms with Gasteiger partial charge in [0.2, 0.25) is 5.91 Å². The maximum Gasteiger partial charge on any atom is 0.227 e. The first kappa shape index (κ1) is 14.4. The van der Waals surface area contributed by atoms with Crippen molar-refractivity contribution < 1.29 is 13.2 Å². The first-order valence-corrected chi connectivity index (χ1v) is 7.87. The molecule has 1 heterocycles. The highest BCUT2D eigenvalue weighted by atomic mass is 32.2. The van der Waals surface area contributed by atoms with Crippen molar-refractivity contribution in [3.05, 3.63) is 0 Å². The molecule has 0 saturated carbocycles. The van der Waals surface area contributed by atoms with E-state index in [9.17, 15) is 13.2 Å². The Kier molecular flexibility index (Phi) is 4.55. The van der Waals surface area contributed by atoms with E-state index in [2.05, 4.69) is 0 Å². The molecular weight excluding hydrogens is 240 g/mol. The summed E-state index contributed by atoms with van der Waals surface area (Å²) in [5, 5.41) is 0. The molecule has 0 aromatic heterocycles. The second kappa shape index (κ2) is 5.35. The number of carbonyl (C=O) groups excluding carboxylic acids is 1. The summed E-state index contributed by atoms with van der Waals surface area (Å²) in [5.41, 5.74) is 5.72. The Morgan fingerprint density at radius 3 is 2.41 bits per heavy atom. The summed E-state index contributed by atoms with van der Waals surface area (Å²) in [6, 6.07) is -0.381. The van der Waals surface area contributed by atoms with Crippen molar-refractivity contribution in [3.8, 4) is 0 Å². The number of hydrogen-bond donors (Lipinski definition) is 1. The van der Waals surface area contributed by atoms with Crippen molar-refractivity contribution >= 4 is 15.7 Å². The van der Waals surface area contributed by atoms with Crippen molar-refractivity contribution in [2.24, 2.45) is 11.7 Å². The van der Waals surface area contributed by atoms with E-state index in [0.717, 1.165) is 0 Å². The van der Waals surface area contributed by atoms with E-state index in [0.29, 0.717) is 13.0 Å². The fourth-order valence-corrected chi connectivity index (χ4v) is 3.83. The molecule has 1 aliphatic rings. The van der Waals surface area contributed by atoms with Crippen LogP contribution in [0.3, 0.4) is 0 Å². The molecule has 0 spiro atoms. The van der Waals surface area contributed by atoms with Gasteiger partial charge in [0.1, 0.15) is 0 Å². The Morgan fingerprint density at radius 2 is 2.06 bits per heavy atom. The Hall–Kier alpha value is -0.620. The molecule has 1 aliphatic heterocycles. The number of nitrogens with two attached hydrogens (primary N) is 1. The van der Waals surface area contributed by atoms with Gasteiger partial charge in [0.05, 0.1) is 17.4 Å². The summed E-state index contributed by atoms with van der Waals surface area (Å²) in [6.07, 6.45) is 0.549. The minimum absolute atomic E-state index is 0.0374. The fourth-order valence-electron chi connectivity index (χ4n) is 2.10. The topological polar surface area (TPSA) is 80.5 Å². The molecule has 100 valence electrons. The van der Waals surface area contributed by atoms with E-state index >= 15 is 0 Å². The number of carbonyl (C=O) groups is 1. The quantitative estimate of drug-likeness (QED) is 0.773. The zero-order chi connectivity index (χ0) is 13.2. The molecule has 2 N–H and O–H groups in total. The van der Waals surface area contributed by atoms with Crippen molar-refractivity contribution in [1.29, 1.82) is 0 Å². The molecule has 3 unspecified atom stereocenters. The van der Waals surface area contributed by atoms with E-state index in [4.69, 9.17) is 5.73 Å². The zero-order valence-electron chi connectivity index (χ0n) is 10.7. The summed E-state index contributed by atoms with van der Waals surface area (Å²) < 4.78 is 22.9. The highest BCUT2D eigenvalue weighted by Crippen LogP contribution is 2.20. The largest absolute Gasteiger partial charge is 0.339 e. The molecule has 0 aliphatic carbocycles. The van der Waals surface area contributed by atoms with Crippen molar-refractivity contribution in [1.82, 2.24) is 4.90 Å². The van der Waals surface area contributed by atoms with Crippen LogP contribution >= 0.6 is 0 Å². The molecule has 0 bridgehead atoms. The second-order valence-electron chi connectivity index (χ2n) is 4.83. The third-order valence-corrected chi connectivity index (χ3v) is 5.20. The molecule has 1 saturated heterocycles. The van der Waals surface area contributed by atoms with Crippen molar-refractivity contribution in [2.75, 3.05) is 18.1 Å². The van der Waals surface area contributed by atoms with E-state index < -0.39 is 9.84 Å². The second-order valence-corrected chi connectivity index (χ2v) is 7.06. The van der Waals surface area contributed by atoms with E-state index in [1.807, 2.05) is 6.92 Å². The Balaban J connectivity index is 2.76. The van der Waals surface area contributed by atoms with Gasteiger partial charge in [-0.05, 0) is 20.3 Å². The summed E-state index contributed by atoms with van der Waals surface area (Å²) in [4.78, 5) is 13.8. The molecule has 5 nitrogen and oxygen atoms in total. The standard InChI is InChI=1S/C11H22N2O3S/c1-4-13(11(14)8(2)9(3)12)10-5-6-17(15,16)7-10/h8-10H,4-7,12H2,1-3H3. The maximum absolute atomic E-state index is 12.2. The highest BCUT2D eigenvalue weighted by molar-refractivity contribution is 7.91. The monoisotopic (exact) mass is 262 g/mol. The minimum Gasteiger partial charge on any atom is -0.339 e. The first-order chi connectivity index (χ1) is 7.78. The molecule has 6 heteroatoms. The molecule has 17 heavy (non-hydrogen) atoms. The van der Waals surface area contributed by atoms with Gasteiger partial charge < -0.3 is 10.6 Å². The molecule has 1 rings (SSSR count). The SMILES string of the molecule is CCN(C(=O)C(C)C(C)N)C1CCS(=O)(=O)C1. The lowest BCUT2D eigenvalue weighted by molar-refractivity contribution is -0.137. The molecule has 0 radical (unpaired) electrons. The van der Waals surface area contributed by atoms with Crippen molar-refractivity contribution in [3.63, 3.8) is 0 Å². The van der Waals surface area contributed by atoms with Crippen LogP contribution in [-0.4, -0.2) is 49.4 Å². The summed E-state index contributed by atoms with van der Waals surface area (Å²) in [5.74, 6) is -0.0189. The van der Waals surface area contributed by atoms with Crippen LogP contribution < -0.4 is 5.73 Å². The third kappa shape index (κ3) is 3.42. The van der Waals surface area contributed by atoms with E-state index in [1.165, 1.54) is 0 Å².